The van der Waals surface area contributed by atoms with E-state index in [2.05, 4.69) is 0 Å². The summed E-state index contributed by atoms with van der Waals surface area (Å²) in [7, 11) is 0. The van der Waals surface area contributed by atoms with Gasteiger partial charge in [0, 0.05) is 6.07 Å². The molecule has 1 aromatic rings. The standard InChI is InChI=1S/C12H13NO3/c1-12(2,3)11(15)16-10-5-4-8(7-13)6-9(10)14/h4-6,14H,1-3H3. The molecule has 0 spiro atoms. The van der Waals surface area contributed by atoms with Crippen molar-refractivity contribution in [3.05, 3.63) is 23.8 Å². The van der Waals surface area contributed by atoms with Crippen molar-refractivity contribution in [1.29, 1.82) is 5.26 Å². The quantitative estimate of drug-likeness (QED) is 0.580. The summed E-state index contributed by atoms with van der Waals surface area (Å²) < 4.78 is 5.01. The Morgan fingerprint density at radius 3 is 2.50 bits per heavy atom. The lowest BCUT2D eigenvalue weighted by molar-refractivity contribution is -0.143. The summed E-state index contributed by atoms with van der Waals surface area (Å²) in [5.74, 6) is -0.580. The van der Waals surface area contributed by atoms with Crippen LogP contribution in [0.4, 0.5) is 0 Å². The third-order valence-electron chi connectivity index (χ3n) is 1.90. The number of phenols is 1. The van der Waals surface area contributed by atoms with Gasteiger partial charge >= 0.3 is 5.97 Å². The van der Waals surface area contributed by atoms with Gasteiger partial charge in [0.05, 0.1) is 17.0 Å². The largest absolute Gasteiger partial charge is 0.504 e. The number of benzene rings is 1. The number of hydrogen-bond acceptors (Lipinski definition) is 4. The Hall–Kier alpha value is -2.02. The van der Waals surface area contributed by atoms with Gasteiger partial charge in [-0.15, -0.1) is 0 Å². The first kappa shape index (κ1) is 12.1. The Kier molecular flexibility index (Phi) is 3.19. The number of rotatable bonds is 1. The summed E-state index contributed by atoms with van der Waals surface area (Å²) in [4.78, 5) is 11.5. The fraction of sp³-hybridized carbons (Fsp3) is 0.333. The van der Waals surface area contributed by atoms with Gasteiger partial charge in [0.1, 0.15) is 0 Å². The summed E-state index contributed by atoms with van der Waals surface area (Å²) in [5.41, 5.74) is -0.326. The Balaban J connectivity index is 2.92. The molecule has 0 aromatic heterocycles. The van der Waals surface area contributed by atoms with E-state index in [1.807, 2.05) is 6.07 Å². The molecule has 0 aliphatic carbocycles. The van der Waals surface area contributed by atoms with Crippen LogP contribution in [0.15, 0.2) is 18.2 Å². The zero-order valence-electron chi connectivity index (χ0n) is 9.44. The number of phenolic OH excluding ortho intramolecular Hbond substituents is 1. The van der Waals surface area contributed by atoms with Crippen molar-refractivity contribution in [1.82, 2.24) is 0 Å². The lowest BCUT2D eigenvalue weighted by Gasteiger charge is -2.16. The van der Waals surface area contributed by atoms with E-state index in [0.29, 0.717) is 5.56 Å². The summed E-state index contributed by atoms with van der Waals surface area (Å²) in [6, 6.07) is 6.01. The Bertz CT molecular complexity index is 452. The molecule has 1 aromatic carbocycles. The van der Waals surface area contributed by atoms with Gasteiger partial charge in [-0.3, -0.25) is 4.79 Å². The molecule has 4 nitrogen and oxygen atoms in total. The number of aromatic hydroxyl groups is 1. The van der Waals surface area contributed by atoms with Crippen LogP contribution in [-0.2, 0) is 4.79 Å². The molecular formula is C12H13NO3. The second-order valence-electron chi connectivity index (χ2n) is 4.43. The molecular weight excluding hydrogens is 206 g/mol. The van der Waals surface area contributed by atoms with Gasteiger partial charge in [0.15, 0.2) is 11.5 Å². The molecule has 0 bridgehead atoms. The van der Waals surface area contributed by atoms with E-state index in [1.54, 1.807) is 20.8 Å². The van der Waals surface area contributed by atoms with Crippen molar-refractivity contribution < 1.29 is 14.6 Å². The van der Waals surface area contributed by atoms with E-state index in [1.165, 1.54) is 18.2 Å². The van der Waals surface area contributed by atoms with E-state index in [9.17, 15) is 9.90 Å². The van der Waals surface area contributed by atoms with Crippen LogP contribution in [0.1, 0.15) is 26.3 Å². The highest BCUT2D eigenvalue weighted by molar-refractivity contribution is 5.78. The van der Waals surface area contributed by atoms with Gasteiger partial charge in [0.25, 0.3) is 0 Å². The third-order valence-corrected chi connectivity index (χ3v) is 1.90. The van der Waals surface area contributed by atoms with Crippen LogP contribution in [0.2, 0.25) is 0 Å². The lowest BCUT2D eigenvalue weighted by Crippen LogP contribution is -2.25. The zero-order chi connectivity index (χ0) is 12.3. The molecule has 4 heteroatoms. The van der Waals surface area contributed by atoms with Gasteiger partial charge in [-0.2, -0.15) is 5.26 Å². The van der Waals surface area contributed by atoms with E-state index in [-0.39, 0.29) is 11.5 Å². The van der Waals surface area contributed by atoms with Crippen molar-refractivity contribution in [3.8, 4) is 17.6 Å². The molecule has 0 saturated heterocycles. The summed E-state index contributed by atoms with van der Waals surface area (Å²) in [5, 5.41) is 18.1. The maximum atomic E-state index is 11.5. The normalized spacial score (nSPS) is 10.6. The first-order chi connectivity index (χ1) is 7.34. The lowest BCUT2D eigenvalue weighted by atomic mass is 9.97. The molecule has 0 heterocycles. The first-order valence-electron chi connectivity index (χ1n) is 4.80. The van der Waals surface area contributed by atoms with Gasteiger partial charge in [-0.1, -0.05) is 0 Å². The summed E-state index contributed by atoms with van der Waals surface area (Å²) >= 11 is 0. The smallest absolute Gasteiger partial charge is 0.316 e. The second-order valence-corrected chi connectivity index (χ2v) is 4.43. The molecule has 0 amide bonds. The SMILES string of the molecule is CC(C)(C)C(=O)Oc1ccc(C#N)cc1O. The van der Waals surface area contributed by atoms with Crippen LogP contribution in [0.5, 0.6) is 11.5 Å². The van der Waals surface area contributed by atoms with E-state index < -0.39 is 11.4 Å². The number of nitriles is 1. The van der Waals surface area contributed by atoms with Crippen LogP contribution in [0, 0.1) is 16.7 Å². The Morgan fingerprint density at radius 2 is 2.06 bits per heavy atom. The fourth-order valence-electron chi connectivity index (χ4n) is 0.926. The van der Waals surface area contributed by atoms with Crippen LogP contribution in [-0.4, -0.2) is 11.1 Å². The number of carbonyl (C=O) groups is 1. The van der Waals surface area contributed by atoms with Crippen LogP contribution >= 0.6 is 0 Å². The molecule has 1 rings (SSSR count). The van der Waals surface area contributed by atoms with Gasteiger partial charge < -0.3 is 9.84 Å². The Morgan fingerprint density at radius 1 is 1.44 bits per heavy atom. The molecule has 0 aliphatic heterocycles. The predicted molar refractivity (Wildman–Crippen MR) is 57.9 cm³/mol. The fourth-order valence-corrected chi connectivity index (χ4v) is 0.926. The average Bonchev–Trinajstić information content (AvgIpc) is 2.19. The molecule has 0 saturated carbocycles. The first-order valence-corrected chi connectivity index (χ1v) is 4.80. The molecule has 1 N–H and O–H groups in total. The Labute approximate surface area is 94.1 Å². The molecule has 84 valence electrons. The summed E-state index contributed by atoms with van der Waals surface area (Å²) in [6.45, 7) is 5.15. The van der Waals surface area contributed by atoms with E-state index in [0.717, 1.165) is 0 Å². The van der Waals surface area contributed by atoms with Crippen molar-refractivity contribution in [3.63, 3.8) is 0 Å². The number of ether oxygens (including phenoxy) is 1. The third kappa shape index (κ3) is 2.74. The minimum absolute atomic E-state index is 0.0684. The van der Waals surface area contributed by atoms with Crippen LogP contribution in [0.25, 0.3) is 0 Å². The number of carbonyl (C=O) groups excluding carboxylic acids is 1. The summed E-state index contributed by atoms with van der Waals surface area (Å²) in [6.07, 6.45) is 0. The van der Waals surface area contributed by atoms with E-state index >= 15 is 0 Å². The van der Waals surface area contributed by atoms with Crippen molar-refractivity contribution in [2.75, 3.05) is 0 Å². The second kappa shape index (κ2) is 4.23. The van der Waals surface area contributed by atoms with Gasteiger partial charge in [-0.25, -0.2) is 0 Å². The van der Waals surface area contributed by atoms with Gasteiger partial charge in [0.2, 0.25) is 0 Å². The predicted octanol–water partition coefficient (Wildman–Crippen LogP) is 2.22. The molecule has 0 atom stereocenters. The van der Waals surface area contributed by atoms with Crippen molar-refractivity contribution in [2.24, 2.45) is 5.41 Å². The number of hydrogen-bond donors (Lipinski definition) is 1. The maximum absolute atomic E-state index is 11.5. The zero-order valence-corrected chi connectivity index (χ0v) is 9.44. The number of nitrogens with zero attached hydrogens (tertiary/aromatic N) is 1. The molecule has 0 fully saturated rings. The monoisotopic (exact) mass is 219 g/mol. The van der Waals surface area contributed by atoms with Crippen molar-refractivity contribution >= 4 is 5.97 Å². The highest BCUT2D eigenvalue weighted by Gasteiger charge is 2.24. The number of esters is 1. The topological polar surface area (TPSA) is 70.3 Å². The minimum Gasteiger partial charge on any atom is -0.504 e. The van der Waals surface area contributed by atoms with E-state index in [4.69, 9.17) is 10.00 Å². The minimum atomic E-state index is -0.639. The average molecular weight is 219 g/mol. The van der Waals surface area contributed by atoms with Gasteiger partial charge in [-0.05, 0) is 32.9 Å². The highest BCUT2D eigenvalue weighted by Crippen LogP contribution is 2.28. The molecule has 0 unspecified atom stereocenters. The molecule has 16 heavy (non-hydrogen) atoms. The molecule has 0 radical (unpaired) electrons. The molecule has 0 aliphatic rings. The highest BCUT2D eigenvalue weighted by atomic mass is 16.5. The maximum Gasteiger partial charge on any atom is 0.316 e. The van der Waals surface area contributed by atoms with Crippen LogP contribution in [0.3, 0.4) is 0 Å². The van der Waals surface area contributed by atoms with Crippen molar-refractivity contribution in [2.45, 2.75) is 20.8 Å². The van der Waals surface area contributed by atoms with Crippen LogP contribution < -0.4 is 4.74 Å².